The molecular formula is C80H74N4+2. The Morgan fingerprint density at radius 2 is 0.726 bits per heavy atom. The van der Waals surface area contributed by atoms with Crippen molar-refractivity contribution in [3.63, 3.8) is 0 Å². The molecule has 4 heteroatoms. The van der Waals surface area contributed by atoms with Gasteiger partial charge in [0.15, 0.2) is 11.4 Å². The van der Waals surface area contributed by atoms with Gasteiger partial charge < -0.3 is 9.80 Å². The maximum Gasteiger partial charge on any atom is 0.210 e. The van der Waals surface area contributed by atoms with Gasteiger partial charge in [0, 0.05) is 83.1 Å². The van der Waals surface area contributed by atoms with Crippen LogP contribution in [0.15, 0.2) is 266 Å². The summed E-state index contributed by atoms with van der Waals surface area (Å²) in [6.07, 6.45) is 17.7. The summed E-state index contributed by atoms with van der Waals surface area (Å²) >= 11 is 0. The molecule has 0 fully saturated rings. The minimum absolute atomic E-state index is 0.193. The minimum atomic E-state index is -0.388. The van der Waals surface area contributed by atoms with Crippen molar-refractivity contribution in [3.8, 4) is 0 Å². The number of nitrogens with zero attached hydrogens (tertiary/aromatic N) is 4. The van der Waals surface area contributed by atoms with Crippen LogP contribution in [0.1, 0.15) is 72.2 Å². The summed E-state index contributed by atoms with van der Waals surface area (Å²) < 4.78 is 4.82. The Labute approximate surface area is 496 Å². The van der Waals surface area contributed by atoms with Gasteiger partial charge in [-0.2, -0.15) is 9.15 Å². The molecule has 84 heavy (non-hydrogen) atoms. The third-order valence-electron chi connectivity index (χ3n) is 19.9. The minimum Gasteiger partial charge on any atom is -0.347 e. The van der Waals surface area contributed by atoms with Crippen molar-refractivity contribution < 1.29 is 9.15 Å². The van der Waals surface area contributed by atoms with Crippen molar-refractivity contribution in [2.45, 2.75) is 75.0 Å². The third-order valence-corrected chi connectivity index (χ3v) is 19.9. The number of allylic oxidation sites excluding steroid dienone is 8. The largest absolute Gasteiger partial charge is 0.347 e. The molecule has 0 bridgehead atoms. The first-order chi connectivity index (χ1) is 40.8. The van der Waals surface area contributed by atoms with E-state index in [0.717, 1.165) is 25.7 Å². The maximum absolute atomic E-state index is 2.49. The van der Waals surface area contributed by atoms with Gasteiger partial charge in [-0.25, -0.2) is 0 Å². The van der Waals surface area contributed by atoms with Crippen LogP contribution in [0.3, 0.4) is 0 Å². The van der Waals surface area contributed by atoms with E-state index in [1.54, 1.807) is 0 Å². The number of hydrogen-bond donors (Lipinski definition) is 0. The van der Waals surface area contributed by atoms with E-state index >= 15 is 0 Å². The van der Waals surface area contributed by atoms with E-state index in [9.17, 15) is 0 Å². The second-order valence-electron chi connectivity index (χ2n) is 25.2. The lowest BCUT2D eigenvalue weighted by Gasteiger charge is -2.35. The highest BCUT2D eigenvalue weighted by molar-refractivity contribution is 6.09. The van der Waals surface area contributed by atoms with E-state index in [4.69, 9.17) is 0 Å². The summed E-state index contributed by atoms with van der Waals surface area (Å²) in [6, 6.07) is 81.8. The Bertz CT molecular complexity index is 4200. The topological polar surface area (TPSA) is 12.5 Å². The molecule has 412 valence electrons. The Morgan fingerprint density at radius 1 is 0.369 bits per heavy atom. The molecule has 4 heterocycles. The average molecular weight is 1090 g/mol. The predicted octanol–water partition coefficient (Wildman–Crippen LogP) is 17.8. The fraction of sp³-hybridized carbons (Fsp3) is 0.200. The number of rotatable bonds is 12. The molecule has 0 saturated carbocycles. The zero-order valence-corrected chi connectivity index (χ0v) is 49.9. The van der Waals surface area contributed by atoms with E-state index in [-0.39, 0.29) is 21.7 Å². The molecule has 4 aliphatic rings. The highest BCUT2D eigenvalue weighted by atomic mass is 15.2. The van der Waals surface area contributed by atoms with Crippen molar-refractivity contribution in [1.29, 1.82) is 0 Å². The van der Waals surface area contributed by atoms with Crippen molar-refractivity contribution >= 4 is 66.5 Å². The molecule has 10 aromatic carbocycles. The van der Waals surface area contributed by atoms with Gasteiger partial charge in [0.2, 0.25) is 11.4 Å². The van der Waals surface area contributed by atoms with Crippen LogP contribution in [-0.4, -0.2) is 48.8 Å². The number of fused-ring (bicyclic) bond motifs is 9. The van der Waals surface area contributed by atoms with Gasteiger partial charge in [0.25, 0.3) is 0 Å². The van der Waals surface area contributed by atoms with Gasteiger partial charge in [-0.15, -0.1) is 0 Å². The molecule has 2 unspecified atom stereocenters. The highest BCUT2D eigenvalue weighted by Gasteiger charge is 2.50. The normalized spacial score (nSPS) is 20.4. The summed E-state index contributed by atoms with van der Waals surface area (Å²) in [4.78, 5) is 4.95. The van der Waals surface area contributed by atoms with Crippen molar-refractivity contribution in [3.05, 3.63) is 311 Å². The molecule has 0 spiro atoms. The smallest absolute Gasteiger partial charge is 0.210 e. The van der Waals surface area contributed by atoms with Crippen LogP contribution in [0, 0.1) is 0 Å². The second-order valence-corrected chi connectivity index (χ2v) is 25.2. The lowest BCUT2D eigenvalue weighted by atomic mass is 9.68. The quantitative estimate of drug-likeness (QED) is 0.113. The van der Waals surface area contributed by atoms with Crippen molar-refractivity contribution in [2.75, 3.05) is 38.0 Å². The fourth-order valence-electron chi connectivity index (χ4n) is 16.0. The molecule has 0 amide bonds. The Hall–Kier alpha value is -9.12. The zero-order chi connectivity index (χ0) is 57.5. The van der Waals surface area contributed by atoms with E-state index in [0.29, 0.717) is 0 Å². The number of likely N-dealkylation sites (N-methyl/N-ethyl adjacent to an activating group) is 2. The highest BCUT2D eigenvalue weighted by Crippen LogP contribution is 2.55. The lowest BCUT2D eigenvalue weighted by Crippen LogP contribution is -2.35. The molecule has 0 radical (unpaired) electrons. The summed E-state index contributed by atoms with van der Waals surface area (Å²) in [6.45, 7) is 9.55. The Kier molecular flexibility index (Phi) is 12.8. The summed E-state index contributed by atoms with van der Waals surface area (Å²) in [5.41, 5.74) is 20.0. The van der Waals surface area contributed by atoms with Crippen LogP contribution in [-0.2, 0) is 47.3 Å². The standard InChI is InChI=1S/C80H74N4/c1-77(2)71(83(7)69-49-47-57-31-15-17-35-63(57)75(69)77)41-25-43-73-79(51-55-27-11-9-12-28-55,65-37-21-23-39-67(65)81(73)5)53-59-45-46-60(62-34-20-19-33-61(59)62)54-80(52-56-29-13-10-14-30-56)66-38-22-24-40-68(66)82(6)74(80)44-26-42-72-78(3,4)76-64-36-18-16-32-58(64)48-50-70(76)84(72)8/h9-50H,51-54H2,1-8H3/q+2. The third kappa shape index (κ3) is 8.31. The van der Waals surface area contributed by atoms with E-state index in [1.165, 1.54) is 122 Å². The van der Waals surface area contributed by atoms with E-state index in [1.807, 2.05) is 0 Å². The number of hydrogen-bond acceptors (Lipinski definition) is 2. The Morgan fingerprint density at radius 3 is 1.14 bits per heavy atom. The molecule has 0 aromatic heterocycles. The molecule has 0 N–H and O–H groups in total. The molecule has 10 aromatic rings. The summed E-state index contributed by atoms with van der Waals surface area (Å²) in [7, 11) is 9.03. The van der Waals surface area contributed by atoms with Gasteiger partial charge in [-0.05, 0) is 155 Å². The molecule has 4 aliphatic heterocycles. The van der Waals surface area contributed by atoms with Crippen molar-refractivity contribution in [1.82, 2.24) is 0 Å². The molecule has 0 saturated heterocycles. The van der Waals surface area contributed by atoms with Gasteiger partial charge in [-0.3, -0.25) is 0 Å². The summed E-state index contributed by atoms with van der Waals surface area (Å²) in [5, 5.41) is 7.85. The van der Waals surface area contributed by atoms with Crippen molar-refractivity contribution in [2.24, 2.45) is 0 Å². The van der Waals surface area contributed by atoms with Gasteiger partial charge in [-0.1, -0.05) is 194 Å². The van der Waals surface area contributed by atoms with Crippen LogP contribution < -0.4 is 9.80 Å². The van der Waals surface area contributed by atoms with Crippen LogP contribution in [0.4, 0.5) is 22.7 Å². The van der Waals surface area contributed by atoms with E-state index < -0.39 is 0 Å². The van der Waals surface area contributed by atoms with Crippen LogP contribution in [0.2, 0.25) is 0 Å². The molecule has 14 rings (SSSR count). The summed E-state index contributed by atoms with van der Waals surface area (Å²) in [5.74, 6) is 0. The molecule has 2 atom stereocenters. The molecular weight excluding hydrogens is 1020 g/mol. The van der Waals surface area contributed by atoms with Gasteiger partial charge in [0.1, 0.15) is 14.1 Å². The number of benzene rings is 10. The lowest BCUT2D eigenvalue weighted by molar-refractivity contribution is -0.401. The fourth-order valence-corrected chi connectivity index (χ4v) is 16.0. The first-order valence-electron chi connectivity index (χ1n) is 30.1. The first-order valence-corrected chi connectivity index (χ1v) is 30.1. The maximum atomic E-state index is 2.49. The van der Waals surface area contributed by atoms with Gasteiger partial charge in [0.05, 0.1) is 10.8 Å². The van der Waals surface area contributed by atoms with E-state index in [2.05, 4.69) is 330 Å². The van der Waals surface area contributed by atoms with Crippen LogP contribution >= 0.6 is 0 Å². The predicted molar refractivity (Wildman–Crippen MR) is 355 cm³/mol. The number of para-hydroxylation sites is 2. The zero-order valence-electron chi connectivity index (χ0n) is 49.9. The SMILES string of the molecule is CN1C(=CC=CC2=[N+](C)c3ccc4ccccc4c3C2(C)C)C(Cc2ccccc2)(Cc2ccc(CC3(Cc4ccccc4)C(=CC=CC4=[N+](C)c5ccc6ccccc6c5C4(C)C)N(C)c4ccccc43)c3ccccc23)c2ccccc21. The molecule has 4 nitrogen and oxygen atoms in total. The Balaban J connectivity index is 0.885. The van der Waals surface area contributed by atoms with Crippen LogP contribution in [0.5, 0.6) is 0 Å². The number of anilines is 2. The van der Waals surface area contributed by atoms with Crippen LogP contribution in [0.25, 0.3) is 32.3 Å². The van der Waals surface area contributed by atoms with Gasteiger partial charge >= 0.3 is 0 Å². The monoisotopic (exact) mass is 1090 g/mol. The molecule has 0 aliphatic carbocycles. The second kappa shape index (κ2) is 20.3. The average Bonchev–Trinajstić information content (AvgIpc) is 2.71. The first kappa shape index (κ1) is 52.9.